The van der Waals surface area contributed by atoms with Crippen molar-refractivity contribution in [1.82, 2.24) is 14.9 Å². The highest BCUT2D eigenvalue weighted by molar-refractivity contribution is 6.23. The van der Waals surface area contributed by atoms with Crippen LogP contribution in [0.4, 0.5) is 0 Å². The average molecular weight is 371 g/mol. The fourth-order valence-corrected chi connectivity index (χ4v) is 3.97. The van der Waals surface area contributed by atoms with E-state index in [1.807, 2.05) is 0 Å². The Morgan fingerprint density at radius 2 is 1.63 bits per heavy atom. The third-order valence-electron chi connectivity index (χ3n) is 5.26. The van der Waals surface area contributed by atoms with Crippen LogP contribution in [0.5, 0.6) is 0 Å². The average Bonchev–Trinajstić information content (AvgIpc) is 2.84. The van der Waals surface area contributed by atoms with E-state index in [1.165, 1.54) is 12.1 Å². The largest absolute Gasteiger partial charge is 0.480 e. The SMILES string of the molecule is O=C(O)[C@H]1CCCN2C(=O)CCC(N3C(=O)c4ccccc4C3=O)C(=O)N12. The molecular formula is C18H17N3O6. The first-order chi connectivity index (χ1) is 12.9. The van der Waals surface area contributed by atoms with Gasteiger partial charge in [-0.15, -0.1) is 0 Å². The summed E-state index contributed by atoms with van der Waals surface area (Å²) in [6, 6.07) is 3.87. The second-order valence-corrected chi connectivity index (χ2v) is 6.78. The van der Waals surface area contributed by atoms with Crippen molar-refractivity contribution in [2.24, 2.45) is 0 Å². The van der Waals surface area contributed by atoms with E-state index in [0.29, 0.717) is 6.42 Å². The van der Waals surface area contributed by atoms with Crippen molar-refractivity contribution in [3.63, 3.8) is 0 Å². The van der Waals surface area contributed by atoms with Gasteiger partial charge in [0.1, 0.15) is 6.04 Å². The van der Waals surface area contributed by atoms with Crippen molar-refractivity contribution in [3.05, 3.63) is 35.4 Å². The van der Waals surface area contributed by atoms with Crippen molar-refractivity contribution in [2.75, 3.05) is 6.54 Å². The summed E-state index contributed by atoms with van der Waals surface area (Å²) >= 11 is 0. The molecule has 0 radical (unpaired) electrons. The lowest BCUT2D eigenvalue weighted by Gasteiger charge is -2.42. The summed E-state index contributed by atoms with van der Waals surface area (Å²) in [6.07, 6.45) is 0.596. The minimum atomic E-state index is -1.22. The third kappa shape index (κ3) is 2.49. The van der Waals surface area contributed by atoms with Gasteiger partial charge in [-0.05, 0) is 31.4 Å². The van der Waals surface area contributed by atoms with E-state index in [9.17, 15) is 29.1 Å². The zero-order valence-corrected chi connectivity index (χ0v) is 14.3. The number of hydrogen-bond acceptors (Lipinski definition) is 5. The van der Waals surface area contributed by atoms with Crippen molar-refractivity contribution in [1.29, 1.82) is 0 Å². The van der Waals surface area contributed by atoms with Crippen LogP contribution in [0.15, 0.2) is 24.3 Å². The van der Waals surface area contributed by atoms with Gasteiger partial charge in [0.05, 0.1) is 11.1 Å². The van der Waals surface area contributed by atoms with Gasteiger partial charge in [0.2, 0.25) is 5.91 Å². The van der Waals surface area contributed by atoms with E-state index in [1.54, 1.807) is 12.1 Å². The first kappa shape index (κ1) is 17.2. The highest BCUT2D eigenvalue weighted by Gasteiger charge is 2.50. The third-order valence-corrected chi connectivity index (χ3v) is 5.26. The lowest BCUT2D eigenvalue weighted by Crippen LogP contribution is -2.62. The minimum absolute atomic E-state index is 0.0253. The van der Waals surface area contributed by atoms with Crippen LogP contribution in [-0.2, 0) is 14.4 Å². The van der Waals surface area contributed by atoms with Crippen LogP contribution in [0.3, 0.4) is 0 Å². The summed E-state index contributed by atoms with van der Waals surface area (Å²) in [5.74, 6) is -3.50. The van der Waals surface area contributed by atoms with Crippen molar-refractivity contribution in [3.8, 4) is 0 Å². The second-order valence-electron chi connectivity index (χ2n) is 6.78. The highest BCUT2D eigenvalue weighted by atomic mass is 16.4. The topological polar surface area (TPSA) is 115 Å². The molecule has 0 spiro atoms. The van der Waals surface area contributed by atoms with E-state index < -0.39 is 35.8 Å². The Labute approximate surface area is 154 Å². The molecule has 3 aliphatic rings. The molecule has 2 fully saturated rings. The highest BCUT2D eigenvalue weighted by Crippen LogP contribution is 2.31. The lowest BCUT2D eigenvalue weighted by molar-refractivity contribution is -0.181. The molecule has 140 valence electrons. The number of carbonyl (C=O) groups excluding carboxylic acids is 4. The number of amides is 4. The molecule has 2 atom stereocenters. The van der Waals surface area contributed by atoms with Gasteiger partial charge in [-0.25, -0.2) is 9.80 Å². The smallest absolute Gasteiger partial charge is 0.328 e. The van der Waals surface area contributed by atoms with Gasteiger partial charge in [-0.3, -0.25) is 29.1 Å². The predicted molar refractivity (Wildman–Crippen MR) is 89.2 cm³/mol. The van der Waals surface area contributed by atoms with Crippen LogP contribution >= 0.6 is 0 Å². The number of nitrogens with zero attached hydrogens (tertiary/aromatic N) is 3. The van der Waals surface area contributed by atoms with Crippen LogP contribution in [-0.4, -0.2) is 68.3 Å². The Bertz CT molecular complexity index is 847. The summed E-state index contributed by atoms with van der Waals surface area (Å²) in [5.41, 5.74) is 0.410. The number of carboxylic acids is 1. The minimum Gasteiger partial charge on any atom is -0.480 e. The van der Waals surface area contributed by atoms with Gasteiger partial charge in [0.15, 0.2) is 6.04 Å². The molecule has 2 saturated heterocycles. The van der Waals surface area contributed by atoms with E-state index in [-0.39, 0.29) is 42.8 Å². The van der Waals surface area contributed by atoms with Gasteiger partial charge in [-0.1, -0.05) is 12.1 Å². The Balaban J connectivity index is 1.73. The van der Waals surface area contributed by atoms with Crippen LogP contribution in [0.25, 0.3) is 0 Å². The Hall–Kier alpha value is -3.23. The van der Waals surface area contributed by atoms with Gasteiger partial charge < -0.3 is 5.11 Å². The summed E-state index contributed by atoms with van der Waals surface area (Å²) in [7, 11) is 0. The van der Waals surface area contributed by atoms with Gasteiger partial charge in [0.25, 0.3) is 17.7 Å². The zero-order valence-electron chi connectivity index (χ0n) is 14.3. The number of aliphatic carboxylic acids is 1. The fourth-order valence-electron chi connectivity index (χ4n) is 3.97. The van der Waals surface area contributed by atoms with Crippen molar-refractivity contribution >= 4 is 29.6 Å². The number of imide groups is 1. The standard InChI is InChI=1S/C18H17N3O6/c22-14-8-7-12(17(25)21-13(18(26)27)6-3-9-19(14)21)20-15(23)10-4-1-2-5-11(10)16(20)24/h1-2,4-5,12-13H,3,6-9H2,(H,26,27)/t12?,13-/m1/s1. The maximum atomic E-state index is 13.2. The van der Waals surface area contributed by atoms with Gasteiger partial charge in [0, 0.05) is 13.0 Å². The lowest BCUT2D eigenvalue weighted by atomic mass is 10.1. The molecule has 1 unspecified atom stereocenters. The Morgan fingerprint density at radius 3 is 2.22 bits per heavy atom. The first-order valence-corrected chi connectivity index (χ1v) is 8.75. The molecule has 3 aliphatic heterocycles. The van der Waals surface area contributed by atoms with E-state index in [0.717, 1.165) is 14.9 Å². The predicted octanol–water partition coefficient (Wildman–Crippen LogP) is 0.264. The molecule has 4 amide bonds. The number of rotatable bonds is 2. The maximum absolute atomic E-state index is 13.2. The first-order valence-electron chi connectivity index (χ1n) is 8.75. The molecule has 9 heteroatoms. The summed E-state index contributed by atoms with van der Waals surface area (Å²) in [6.45, 7) is 0.239. The second kappa shape index (κ2) is 6.19. The zero-order chi connectivity index (χ0) is 19.3. The van der Waals surface area contributed by atoms with Crippen molar-refractivity contribution < 1.29 is 29.1 Å². The monoisotopic (exact) mass is 371 g/mol. The number of carboxylic acid groups (broad SMARTS) is 1. The number of fused-ring (bicyclic) bond motifs is 2. The molecule has 27 heavy (non-hydrogen) atoms. The Kier molecular flexibility index (Phi) is 3.94. The molecular weight excluding hydrogens is 354 g/mol. The number of hydrogen-bond donors (Lipinski definition) is 1. The normalized spacial score (nSPS) is 25.4. The molecule has 1 aromatic rings. The summed E-state index contributed by atoms with van der Waals surface area (Å²) in [5, 5.41) is 11.6. The number of hydrazine groups is 1. The summed E-state index contributed by atoms with van der Waals surface area (Å²) < 4.78 is 0. The molecule has 4 rings (SSSR count). The van der Waals surface area contributed by atoms with Crippen LogP contribution in [0.1, 0.15) is 46.4 Å². The molecule has 9 nitrogen and oxygen atoms in total. The van der Waals surface area contributed by atoms with Crippen molar-refractivity contribution in [2.45, 2.75) is 37.8 Å². The molecule has 3 heterocycles. The molecule has 0 aliphatic carbocycles. The molecule has 0 bridgehead atoms. The quantitative estimate of drug-likeness (QED) is 0.746. The summed E-state index contributed by atoms with van der Waals surface area (Å²) in [4.78, 5) is 63.6. The van der Waals surface area contributed by atoms with E-state index >= 15 is 0 Å². The molecule has 0 aromatic heterocycles. The van der Waals surface area contributed by atoms with E-state index in [2.05, 4.69) is 0 Å². The maximum Gasteiger partial charge on any atom is 0.328 e. The number of carbonyl (C=O) groups is 5. The fraction of sp³-hybridized carbons (Fsp3) is 0.389. The molecule has 1 N–H and O–H groups in total. The van der Waals surface area contributed by atoms with Crippen LogP contribution in [0, 0.1) is 0 Å². The molecule has 0 saturated carbocycles. The number of benzene rings is 1. The van der Waals surface area contributed by atoms with Crippen LogP contribution < -0.4 is 0 Å². The Morgan fingerprint density at radius 1 is 1.00 bits per heavy atom. The van der Waals surface area contributed by atoms with Gasteiger partial charge in [-0.2, -0.15) is 0 Å². The molecule has 1 aromatic carbocycles. The van der Waals surface area contributed by atoms with E-state index in [4.69, 9.17) is 0 Å². The van der Waals surface area contributed by atoms with Gasteiger partial charge >= 0.3 is 5.97 Å². The van der Waals surface area contributed by atoms with Crippen LogP contribution in [0.2, 0.25) is 0 Å².